The van der Waals surface area contributed by atoms with E-state index in [1.807, 2.05) is 0 Å². The highest BCUT2D eigenvalue weighted by Gasteiger charge is 2.43. The van der Waals surface area contributed by atoms with Gasteiger partial charge in [-0.25, -0.2) is 0 Å². The Hall–Kier alpha value is -2.02. The number of carboxylic acids is 1. The zero-order valence-corrected chi connectivity index (χ0v) is 12.8. The van der Waals surface area contributed by atoms with Crippen LogP contribution >= 0.6 is 0 Å². The number of likely N-dealkylation sites (tertiary alicyclic amines) is 1. The summed E-state index contributed by atoms with van der Waals surface area (Å²) in [6.07, 6.45) is 1.56. The fraction of sp³-hybridized carbons (Fsp3) is 0.600. The van der Waals surface area contributed by atoms with E-state index in [9.17, 15) is 14.7 Å². The summed E-state index contributed by atoms with van der Waals surface area (Å²) >= 11 is 0. The van der Waals surface area contributed by atoms with Gasteiger partial charge >= 0.3 is 5.97 Å². The maximum absolute atomic E-state index is 12.5. The van der Waals surface area contributed by atoms with E-state index < -0.39 is 11.4 Å². The van der Waals surface area contributed by atoms with Crippen molar-refractivity contribution in [3.8, 4) is 5.95 Å². The molecule has 2 rings (SSSR count). The standard InChI is InChI=1S/C15H21NO6/c1-20-9-7-15(14(18)19)6-3-8-16(10-15)13(17)11-4-5-12(21-2)22-11/h4-5H,3,6-10H2,1-2H3,(H,18,19)/t15-/m1/s1. The van der Waals surface area contributed by atoms with Crippen molar-refractivity contribution in [1.82, 2.24) is 4.90 Å². The third-order valence-electron chi connectivity index (χ3n) is 4.10. The number of piperidine rings is 1. The minimum Gasteiger partial charge on any atom is -0.481 e. The molecule has 122 valence electrons. The average molecular weight is 311 g/mol. The second kappa shape index (κ2) is 6.83. The smallest absolute Gasteiger partial charge is 0.311 e. The van der Waals surface area contributed by atoms with Crippen molar-refractivity contribution >= 4 is 11.9 Å². The summed E-state index contributed by atoms with van der Waals surface area (Å²) in [6, 6.07) is 3.10. The van der Waals surface area contributed by atoms with Crippen LogP contribution < -0.4 is 4.74 Å². The number of furan rings is 1. The number of amides is 1. The lowest BCUT2D eigenvalue weighted by atomic mass is 9.77. The number of hydrogen-bond donors (Lipinski definition) is 1. The molecule has 0 bridgehead atoms. The number of carboxylic acid groups (broad SMARTS) is 1. The Kier molecular flexibility index (Phi) is 5.07. The summed E-state index contributed by atoms with van der Waals surface area (Å²) in [5.74, 6) is -0.792. The second-order valence-corrected chi connectivity index (χ2v) is 5.48. The first-order chi connectivity index (χ1) is 10.5. The van der Waals surface area contributed by atoms with Gasteiger partial charge in [-0.05, 0) is 25.3 Å². The molecule has 1 aromatic rings. The zero-order valence-electron chi connectivity index (χ0n) is 12.8. The fourth-order valence-electron chi connectivity index (χ4n) is 2.79. The molecule has 1 aliphatic rings. The maximum atomic E-state index is 12.5. The lowest BCUT2D eigenvalue weighted by Gasteiger charge is -2.39. The molecule has 1 saturated heterocycles. The topological polar surface area (TPSA) is 89.2 Å². The van der Waals surface area contributed by atoms with Crippen LogP contribution in [0.15, 0.2) is 16.5 Å². The highest BCUT2D eigenvalue weighted by molar-refractivity contribution is 5.92. The Morgan fingerprint density at radius 3 is 2.77 bits per heavy atom. The molecule has 0 unspecified atom stereocenters. The first-order valence-corrected chi connectivity index (χ1v) is 7.18. The molecular weight excluding hydrogens is 290 g/mol. The third-order valence-corrected chi connectivity index (χ3v) is 4.10. The molecule has 1 N–H and O–H groups in total. The number of carbonyl (C=O) groups is 2. The van der Waals surface area contributed by atoms with Gasteiger partial charge in [0, 0.05) is 32.9 Å². The molecule has 7 nitrogen and oxygen atoms in total. The molecule has 0 aromatic carbocycles. The van der Waals surface area contributed by atoms with E-state index in [2.05, 4.69) is 0 Å². The average Bonchev–Trinajstić information content (AvgIpc) is 3.01. The van der Waals surface area contributed by atoms with Gasteiger partial charge in [0.15, 0.2) is 5.76 Å². The van der Waals surface area contributed by atoms with E-state index in [4.69, 9.17) is 13.9 Å². The number of carbonyl (C=O) groups excluding carboxylic acids is 1. The number of aliphatic carboxylic acids is 1. The summed E-state index contributed by atoms with van der Waals surface area (Å²) in [6.45, 7) is 1.03. The van der Waals surface area contributed by atoms with Gasteiger partial charge in [-0.1, -0.05) is 0 Å². The van der Waals surface area contributed by atoms with E-state index in [-0.39, 0.29) is 24.2 Å². The van der Waals surface area contributed by atoms with Crippen molar-refractivity contribution in [3.63, 3.8) is 0 Å². The van der Waals surface area contributed by atoms with Crippen LogP contribution in [0.5, 0.6) is 5.95 Å². The first kappa shape index (κ1) is 16.4. The van der Waals surface area contributed by atoms with Crippen LogP contribution in [0.2, 0.25) is 0 Å². The highest BCUT2D eigenvalue weighted by Crippen LogP contribution is 2.35. The summed E-state index contributed by atoms with van der Waals surface area (Å²) in [4.78, 5) is 25.7. The molecule has 2 heterocycles. The van der Waals surface area contributed by atoms with E-state index in [0.29, 0.717) is 32.4 Å². The molecule has 1 amide bonds. The Balaban J connectivity index is 2.14. The normalized spacial score (nSPS) is 21.6. The maximum Gasteiger partial charge on any atom is 0.311 e. The van der Waals surface area contributed by atoms with E-state index >= 15 is 0 Å². The van der Waals surface area contributed by atoms with Crippen molar-refractivity contribution < 1.29 is 28.6 Å². The number of hydrogen-bond acceptors (Lipinski definition) is 5. The van der Waals surface area contributed by atoms with Crippen molar-refractivity contribution in [1.29, 1.82) is 0 Å². The van der Waals surface area contributed by atoms with Crippen LogP contribution in [0.25, 0.3) is 0 Å². The van der Waals surface area contributed by atoms with Crippen molar-refractivity contribution in [2.75, 3.05) is 33.9 Å². The van der Waals surface area contributed by atoms with Crippen molar-refractivity contribution in [2.45, 2.75) is 19.3 Å². The SMILES string of the molecule is COCC[C@]1(C(=O)O)CCCN(C(=O)c2ccc(OC)o2)C1. The molecular formula is C15H21NO6. The Morgan fingerprint density at radius 2 is 2.18 bits per heavy atom. The van der Waals surface area contributed by atoms with Gasteiger partial charge in [-0.15, -0.1) is 0 Å². The van der Waals surface area contributed by atoms with Gasteiger partial charge in [0.1, 0.15) is 0 Å². The first-order valence-electron chi connectivity index (χ1n) is 7.18. The van der Waals surface area contributed by atoms with E-state index in [0.717, 1.165) is 0 Å². The van der Waals surface area contributed by atoms with Gasteiger partial charge in [0.2, 0.25) is 0 Å². The summed E-state index contributed by atoms with van der Waals surface area (Å²) < 4.78 is 15.2. The number of methoxy groups -OCH3 is 2. The van der Waals surface area contributed by atoms with Gasteiger partial charge in [-0.2, -0.15) is 0 Å². The van der Waals surface area contributed by atoms with Crippen LogP contribution in [0.3, 0.4) is 0 Å². The predicted octanol–water partition coefficient (Wildman–Crippen LogP) is 1.63. The molecule has 0 saturated carbocycles. The van der Waals surface area contributed by atoms with Crippen LogP contribution in [-0.4, -0.2) is 55.8 Å². The van der Waals surface area contributed by atoms with Crippen LogP contribution in [-0.2, 0) is 9.53 Å². The quantitative estimate of drug-likeness (QED) is 0.859. The molecule has 0 spiro atoms. The van der Waals surface area contributed by atoms with Crippen LogP contribution in [0.1, 0.15) is 29.8 Å². The number of nitrogens with zero attached hydrogens (tertiary/aromatic N) is 1. The molecule has 1 atom stereocenters. The largest absolute Gasteiger partial charge is 0.481 e. The summed E-state index contributed by atoms with van der Waals surface area (Å²) in [5, 5.41) is 9.59. The van der Waals surface area contributed by atoms with Gasteiger partial charge < -0.3 is 23.9 Å². The fourth-order valence-corrected chi connectivity index (χ4v) is 2.79. The minimum absolute atomic E-state index is 0.157. The monoisotopic (exact) mass is 311 g/mol. The highest BCUT2D eigenvalue weighted by atomic mass is 16.6. The molecule has 1 aromatic heterocycles. The Bertz CT molecular complexity index is 540. The van der Waals surface area contributed by atoms with Gasteiger partial charge in [0.25, 0.3) is 11.9 Å². The summed E-state index contributed by atoms with van der Waals surface area (Å²) in [7, 11) is 2.99. The van der Waals surface area contributed by atoms with Crippen LogP contribution in [0, 0.1) is 5.41 Å². The summed E-state index contributed by atoms with van der Waals surface area (Å²) in [5.41, 5.74) is -0.958. The predicted molar refractivity (Wildman–Crippen MR) is 77.0 cm³/mol. The van der Waals surface area contributed by atoms with Gasteiger partial charge in [0.05, 0.1) is 12.5 Å². The number of rotatable bonds is 6. The lowest BCUT2D eigenvalue weighted by molar-refractivity contribution is -0.153. The Labute approximate surface area is 128 Å². The molecule has 1 fully saturated rings. The Morgan fingerprint density at radius 1 is 1.41 bits per heavy atom. The minimum atomic E-state index is -0.958. The number of ether oxygens (including phenoxy) is 2. The van der Waals surface area contributed by atoms with E-state index in [1.165, 1.54) is 25.2 Å². The molecule has 22 heavy (non-hydrogen) atoms. The van der Waals surface area contributed by atoms with Crippen molar-refractivity contribution in [2.24, 2.45) is 5.41 Å². The zero-order chi connectivity index (χ0) is 16.2. The van der Waals surface area contributed by atoms with Gasteiger partial charge in [-0.3, -0.25) is 9.59 Å². The third kappa shape index (κ3) is 3.24. The molecule has 0 radical (unpaired) electrons. The second-order valence-electron chi connectivity index (χ2n) is 5.48. The molecule has 0 aliphatic carbocycles. The van der Waals surface area contributed by atoms with Crippen molar-refractivity contribution in [3.05, 3.63) is 17.9 Å². The molecule has 1 aliphatic heterocycles. The van der Waals surface area contributed by atoms with E-state index in [1.54, 1.807) is 6.07 Å². The molecule has 7 heteroatoms. The lowest BCUT2D eigenvalue weighted by Crippen LogP contribution is -2.50. The van der Waals surface area contributed by atoms with Crippen LogP contribution in [0.4, 0.5) is 0 Å².